The fourth-order valence-electron chi connectivity index (χ4n) is 1.11. The van der Waals surface area contributed by atoms with E-state index in [1.165, 1.54) is 16.8 Å². The van der Waals surface area contributed by atoms with E-state index in [4.69, 9.17) is 9.63 Å². The summed E-state index contributed by atoms with van der Waals surface area (Å²) >= 11 is 0. The van der Waals surface area contributed by atoms with Gasteiger partial charge in [0.25, 0.3) is 17.3 Å². The number of aromatic nitrogens is 3. The van der Waals surface area contributed by atoms with Crippen molar-refractivity contribution in [3.63, 3.8) is 0 Å². The zero-order valence-electron chi connectivity index (χ0n) is 8.25. The van der Waals surface area contributed by atoms with E-state index in [0.717, 1.165) is 0 Å². The van der Waals surface area contributed by atoms with Crippen molar-refractivity contribution in [2.75, 3.05) is 0 Å². The van der Waals surface area contributed by atoms with Gasteiger partial charge in [0.05, 0.1) is 0 Å². The predicted octanol–water partition coefficient (Wildman–Crippen LogP) is 0.133. The molecule has 16 heavy (non-hydrogen) atoms. The molecule has 0 amide bonds. The highest BCUT2D eigenvalue weighted by atomic mass is 16.5. The Morgan fingerprint density at radius 2 is 2.31 bits per heavy atom. The average Bonchev–Trinajstić information content (AvgIpc) is 2.71. The Labute approximate surface area is 89.0 Å². The Balaban J connectivity index is 2.46. The maximum absolute atomic E-state index is 11.3. The number of carbonyl (C=O) groups is 1. The molecule has 0 aliphatic carbocycles. The van der Waals surface area contributed by atoms with Crippen molar-refractivity contribution in [3.8, 4) is 11.5 Å². The smallest absolute Gasteiger partial charge is 0.377 e. The Morgan fingerprint density at radius 1 is 1.56 bits per heavy atom. The molecule has 0 radical (unpaired) electrons. The summed E-state index contributed by atoms with van der Waals surface area (Å²) in [5, 5.41) is 11.8. The van der Waals surface area contributed by atoms with Gasteiger partial charge >= 0.3 is 5.97 Å². The lowest BCUT2D eigenvalue weighted by atomic mass is 10.2. The number of carboxylic acids is 1. The van der Waals surface area contributed by atoms with Gasteiger partial charge in [0.2, 0.25) is 0 Å². The van der Waals surface area contributed by atoms with Crippen LogP contribution >= 0.6 is 0 Å². The molecule has 7 heteroatoms. The molecule has 7 nitrogen and oxygen atoms in total. The highest BCUT2D eigenvalue weighted by molar-refractivity contribution is 5.83. The van der Waals surface area contributed by atoms with Gasteiger partial charge in [0.1, 0.15) is 0 Å². The van der Waals surface area contributed by atoms with Crippen LogP contribution in [0.3, 0.4) is 0 Å². The maximum atomic E-state index is 11.3. The summed E-state index contributed by atoms with van der Waals surface area (Å²) in [6, 6.07) is 2.87. The number of aryl methyl sites for hydroxylation is 1. The van der Waals surface area contributed by atoms with Crippen LogP contribution < -0.4 is 5.56 Å². The molecule has 0 atom stereocenters. The van der Waals surface area contributed by atoms with Crippen molar-refractivity contribution in [1.82, 2.24) is 14.7 Å². The van der Waals surface area contributed by atoms with Crippen LogP contribution in [-0.4, -0.2) is 25.8 Å². The summed E-state index contributed by atoms with van der Waals surface area (Å²) in [6.07, 6.45) is 1.53. The first-order valence-corrected chi connectivity index (χ1v) is 4.32. The molecule has 2 aromatic rings. The predicted molar refractivity (Wildman–Crippen MR) is 51.9 cm³/mol. The van der Waals surface area contributed by atoms with Crippen molar-refractivity contribution in [1.29, 1.82) is 0 Å². The average molecular weight is 221 g/mol. The topological polar surface area (TPSA) is 98.2 Å². The fourth-order valence-corrected chi connectivity index (χ4v) is 1.11. The van der Waals surface area contributed by atoms with Crippen molar-refractivity contribution in [2.24, 2.45) is 7.05 Å². The number of hydrogen-bond acceptors (Lipinski definition) is 5. The molecule has 2 aromatic heterocycles. The first-order chi connectivity index (χ1) is 7.58. The summed E-state index contributed by atoms with van der Waals surface area (Å²) in [5.74, 6) is -1.70. The number of hydrogen-bond donors (Lipinski definition) is 1. The minimum atomic E-state index is -1.28. The molecule has 0 aliphatic heterocycles. The van der Waals surface area contributed by atoms with Gasteiger partial charge in [-0.1, -0.05) is 0 Å². The highest BCUT2D eigenvalue weighted by Crippen LogP contribution is 2.14. The van der Waals surface area contributed by atoms with E-state index < -0.39 is 11.8 Å². The van der Waals surface area contributed by atoms with Crippen LogP contribution in [0.1, 0.15) is 10.6 Å². The summed E-state index contributed by atoms with van der Waals surface area (Å²) in [6.45, 7) is 0. The second-order valence-electron chi connectivity index (χ2n) is 3.09. The standard InChI is InChI=1S/C9H7N3O4/c1-12-3-2-5(4-6(12)13)8-10-7(9(14)15)11-16-8/h2-4H,1H3,(H,14,15). The Hall–Kier alpha value is -2.44. The van der Waals surface area contributed by atoms with Gasteiger partial charge in [-0.2, -0.15) is 4.98 Å². The van der Waals surface area contributed by atoms with Gasteiger partial charge in [-0.15, -0.1) is 0 Å². The third kappa shape index (κ3) is 1.70. The lowest BCUT2D eigenvalue weighted by Gasteiger charge is -1.96. The largest absolute Gasteiger partial charge is 0.475 e. The zero-order valence-corrected chi connectivity index (χ0v) is 8.25. The molecule has 0 spiro atoms. The molecule has 0 aromatic carbocycles. The number of pyridine rings is 1. The van der Waals surface area contributed by atoms with Gasteiger partial charge in [0.15, 0.2) is 0 Å². The molecule has 0 unspecified atom stereocenters. The first kappa shape index (κ1) is 10.1. The van der Waals surface area contributed by atoms with Gasteiger partial charge in [-0.05, 0) is 11.2 Å². The zero-order chi connectivity index (χ0) is 11.7. The fraction of sp³-hybridized carbons (Fsp3) is 0.111. The number of rotatable bonds is 2. The summed E-state index contributed by atoms with van der Waals surface area (Å²) in [4.78, 5) is 25.5. The summed E-state index contributed by atoms with van der Waals surface area (Å²) in [7, 11) is 1.60. The summed E-state index contributed by atoms with van der Waals surface area (Å²) < 4.78 is 6.09. The van der Waals surface area contributed by atoms with Crippen molar-refractivity contribution >= 4 is 5.97 Å². The van der Waals surface area contributed by atoms with Gasteiger partial charge in [-0.25, -0.2) is 4.79 Å². The van der Waals surface area contributed by atoms with Crippen molar-refractivity contribution in [2.45, 2.75) is 0 Å². The van der Waals surface area contributed by atoms with Crippen LogP contribution in [0.5, 0.6) is 0 Å². The number of aromatic carboxylic acids is 1. The first-order valence-electron chi connectivity index (χ1n) is 4.32. The molecule has 0 saturated carbocycles. The monoisotopic (exact) mass is 221 g/mol. The minimum Gasteiger partial charge on any atom is -0.475 e. The lowest BCUT2D eigenvalue weighted by Crippen LogP contribution is -2.14. The molecule has 0 saturated heterocycles. The van der Waals surface area contributed by atoms with Crippen molar-refractivity contribution in [3.05, 3.63) is 34.5 Å². The van der Waals surface area contributed by atoms with Crippen LogP contribution in [0.15, 0.2) is 27.6 Å². The van der Waals surface area contributed by atoms with E-state index in [0.29, 0.717) is 5.56 Å². The molecule has 2 heterocycles. The minimum absolute atomic E-state index is 0.00935. The third-order valence-corrected chi connectivity index (χ3v) is 1.97. The second kappa shape index (κ2) is 3.61. The highest BCUT2D eigenvalue weighted by Gasteiger charge is 2.14. The Bertz CT molecular complexity index is 599. The van der Waals surface area contributed by atoms with E-state index in [2.05, 4.69) is 10.1 Å². The van der Waals surface area contributed by atoms with Gasteiger partial charge in [0, 0.05) is 24.9 Å². The molecule has 0 bridgehead atoms. The molecule has 82 valence electrons. The number of nitrogens with zero attached hydrogens (tertiary/aromatic N) is 3. The van der Waals surface area contributed by atoms with Crippen molar-refractivity contribution < 1.29 is 14.4 Å². The van der Waals surface area contributed by atoms with E-state index in [1.54, 1.807) is 13.1 Å². The van der Waals surface area contributed by atoms with Crippen LogP contribution in [0.4, 0.5) is 0 Å². The number of carboxylic acid groups (broad SMARTS) is 1. The van der Waals surface area contributed by atoms with E-state index >= 15 is 0 Å². The van der Waals surface area contributed by atoms with Crippen LogP contribution in [0.2, 0.25) is 0 Å². The van der Waals surface area contributed by atoms with Gasteiger partial charge < -0.3 is 14.2 Å². The van der Waals surface area contributed by atoms with Crippen LogP contribution in [0.25, 0.3) is 11.5 Å². The van der Waals surface area contributed by atoms with Crippen LogP contribution in [-0.2, 0) is 7.05 Å². The molecule has 2 rings (SSSR count). The lowest BCUT2D eigenvalue weighted by molar-refractivity contribution is 0.0680. The maximum Gasteiger partial charge on any atom is 0.377 e. The van der Waals surface area contributed by atoms with E-state index in [9.17, 15) is 9.59 Å². The SMILES string of the molecule is Cn1ccc(-c2nc(C(=O)O)no2)cc1=O. The van der Waals surface area contributed by atoms with E-state index in [1.807, 2.05) is 0 Å². The van der Waals surface area contributed by atoms with Crippen LogP contribution in [0, 0.1) is 0 Å². The molecule has 0 aliphatic rings. The molecule has 1 N–H and O–H groups in total. The molecule has 0 fully saturated rings. The normalized spacial score (nSPS) is 10.3. The van der Waals surface area contributed by atoms with E-state index in [-0.39, 0.29) is 11.4 Å². The summed E-state index contributed by atoms with van der Waals surface area (Å²) in [5.41, 5.74) is 0.149. The Morgan fingerprint density at radius 3 is 2.88 bits per heavy atom. The second-order valence-corrected chi connectivity index (χ2v) is 3.09. The molecular weight excluding hydrogens is 214 g/mol. The molecular formula is C9H7N3O4. The quantitative estimate of drug-likeness (QED) is 0.774. The third-order valence-electron chi connectivity index (χ3n) is 1.97. The van der Waals surface area contributed by atoms with Gasteiger partial charge in [-0.3, -0.25) is 4.79 Å². The Kier molecular flexibility index (Phi) is 2.28.